The summed E-state index contributed by atoms with van der Waals surface area (Å²) in [4.78, 5) is 29.5. The third-order valence-corrected chi connectivity index (χ3v) is 12.7. The molecule has 7 nitrogen and oxygen atoms in total. The van der Waals surface area contributed by atoms with Crippen molar-refractivity contribution in [3.63, 3.8) is 0 Å². The molecule has 13 rings (SSSR count). The second-order valence-electron chi connectivity index (χ2n) is 16.8. The molecule has 6 aromatic heterocycles. The lowest BCUT2D eigenvalue weighted by atomic mass is 9.91. The Bertz CT molecular complexity index is 3610. The Morgan fingerprint density at radius 1 is 0.284 bits per heavy atom. The lowest BCUT2D eigenvalue weighted by molar-refractivity contribution is 0.620. The number of pyridine rings is 5. The number of nitrogens with zero attached hydrogens (tertiary/aromatic N) is 6. The molecular formula is C60H36N6O. The minimum Gasteiger partial charge on any atom is -0.436 e. The van der Waals surface area contributed by atoms with E-state index in [0.29, 0.717) is 11.5 Å². The van der Waals surface area contributed by atoms with E-state index in [0.717, 1.165) is 121 Å². The lowest BCUT2D eigenvalue weighted by Gasteiger charge is -2.16. The first-order valence-electron chi connectivity index (χ1n) is 22.2. The van der Waals surface area contributed by atoms with Gasteiger partial charge in [0, 0.05) is 110 Å². The number of rotatable bonds is 7. The van der Waals surface area contributed by atoms with Gasteiger partial charge >= 0.3 is 0 Å². The summed E-state index contributed by atoms with van der Waals surface area (Å²) in [6.45, 7) is 0. The smallest absolute Gasteiger partial charge is 0.227 e. The topological polar surface area (TPSA) is 90.5 Å². The molecule has 7 heteroatoms. The van der Waals surface area contributed by atoms with Crippen LogP contribution in [-0.2, 0) is 0 Å². The summed E-state index contributed by atoms with van der Waals surface area (Å²) >= 11 is 0. The fraction of sp³-hybridized carbons (Fsp3) is 0. The molecule has 0 aliphatic heterocycles. The van der Waals surface area contributed by atoms with E-state index >= 15 is 0 Å². The zero-order chi connectivity index (χ0) is 44.3. The Morgan fingerprint density at radius 2 is 0.627 bits per heavy atom. The van der Waals surface area contributed by atoms with Gasteiger partial charge in [-0.1, -0.05) is 109 Å². The summed E-state index contributed by atoms with van der Waals surface area (Å²) in [7, 11) is 0. The molecule has 0 amide bonds. The Balaban J connectivity index is 1.09. The zero-order valence-corrected chi connectivity index (χ0v) is 35.9. The maximum absolute atomic E-state index is 6.53. The third kappa shape index (κ3) is 6.85. The molecule has 0 fully saturated rings. The predicted molar refractivity (Wildman–Crippen MR) is 271 cm³/mol. The van der Waals surface area contributed by atoms with Crippen LogP contribution in [0.2, 0.25) is 0 Å². The van der Waals surface area contributed by atoms with E-state index in [2.05, 4.69) is 146 Å². The molecule has 6 heterocycles. The summed E-state index contributed by atoms with van der Waals surface area (Å²) in [5, 5.41) is 8.71. The standard InChI is InChI=1S/C60H36N6O/c1-5-15-48-37(11-1)29-61-33-52(48)41-21-42(53-34-62-30-38-12-2-6-16-49(38)53)24-45(23-41)57-27-47(60-66-56-19-9-10-20-59(56)67-60)28-58(65-57)46-25-43(54-35-63-31-39-13-3-7-17-50(39)54)22-44(26-46)55-36-64-32-40-14-4-8-18-51(40)55/h1-36H. The van der Waals surface area contributed by atoms with Crippen LogP contribution in [0.25, 0.3) is 133 Å². The van der Waals surface area contributed by atoms with Crippen LogP contribution in [0.15, 0.2) is 224 Å². The van der Waals surface area contributed by atoms with Crippen LogP contribution >= 0.6 is 0 Å². The molecule has 0 atom stereocenters. The van der Waals surface area contributed by atoms with Crippen LogP contribution in [0.5, 0.6) is 0 Å². The van der Waals surface area contributed by atoms with Gasteiger partial charge in [0.15, 0.2) is 5.58 Å². The molecule has 67 heavy (non-hydrogen) atoms. The Kier molecular flexibility index (Phi) is 9.03. The van der Waals surface area contributed by atoms with Crippen LogP contribution in [0.4, 0.5) is 0 Å². The van der Waals surface area contributed by atoms with Crippen molar-refractivity contribution in [3.8, 4) is 78.5 Å². The molecule has 7 aromatic carbocycles. The number of fused-ring (bicyclic) bond motifs is 5. The highest BCUT2D eigenvalue weighted by atomic mass is 16.3. The van der Waals surface area contributed by atoms with Gasteiger partial charge in [0.2, 0.25) is 5.89 Å². The summed E-state index contributed by atoms with van der Waals surface area (Å²) < 4.78 is 6.53. The fourth-order valence-corrected chi connectivity index (χ4v) is 9.50. The van der Waals surface area contributed by atoms with Crippen molar-refractivity contribution in [2.45, 2.75) is 0 Å². The maximum Gasteiger partial charge on any atom is 0.227 e. The minimum atomic E-state index is 0.506. The van der Waals surface area contributed by atoms with Gasteiger partial charge in [-0.3, -0.25) is 19.9 Å². The summed E-state index contributed by atoms with van der Waals surface area (Å²) in [6.07, 6.45) is 15.5. The fourth-order valence-electron chi connectivity index (χ4n) is 9.50. The number of hydrogen-bond donors (Lipinski definition) is 0. The van der Waals surface area contributed by atoms with Gasteiger partial charge in [-0.05, 0) is 104 Å². The predicted octanol–water partition coefficient (Wildman–Crippen LogP) is 15.1. The SMILES string of the molecule is c1ccc2c(-c3cc(-c4cc(-c5nc6ccccc6o5)cc(-c5cc(-c6cncc7ccccc67)cc(-c6cncc7ccccc67)c5)n4)cc(-c4cncc5ccccc45)c3)cncc2c1. The second kappa shape index (κ2) is 15.8. The average Bonchev–Trinajstić information content (AvgIpc) is 3.85. The highest BCUT2D eigenvalue weighted by Crippen LogP contribution is 2.42. The summed E-state index contributed by atoms with van der Waals surface area (Å²) in [5.41, 5.74) is 13.8. The summed E-state index contributed by atoms with van der Waals surface area (Å²) in [6, 6.07) is 59.0. The van der Waals surface area contributed by atoms with Crippen LogP contribution in [0.1, 0.15) is 0 Å². The number of oxazole rings is 1. The van der Waals surface area contributed by atoms with Gasteiger partial charge in [0.1, 0.15) is 5.52 Å². The van der Waals surface area contributed by atoms with Crippen molar-refractivity contribution in [3.05, 3.63) is 219 Å². The first kappa shape index (κ1) is 38.3. The Labute approximate surface area is 384 Å². The van der Waals surface area contributed by atoms with Gasteiger partial charge < -0.3 is 4.42 Å². The highest BCUT2D eigenvalue weighted by Gasteiger charge is 2.19. The molecule has 0 aliphatic carbocycles. The molecule has 312 valence electrons. The van der Waals surface area contributed by atoms with Gasteiger partial charge in [0.05, 0.1) is 11.4 Å². The Hall–Kier alpha value is -9.20. The van der Waals surface area contributed by atoms with E-state index in [1.54, 1.807) is 0 Å². The van der Waals surface area contributed by atoms with Crippen LogP contribution in [-0.4, -0.2) is 29.9 Å². The largest absolute Gasteiger partial charge is 0.436 e. The molecule has 0 bridgehead atoms. The van der Waals surface area contributed by atoms with Gasteiger partial charge in [-0.25, -0.2) is 9.97 Å². The molecule has 0 aliphatic rings. The molecule has 0 saturated heterocycles. The van der Waals surface area contributed by atoms with Crippen molar-refractivity contribution < 1.29 is 4.42 Å². The van der Waals surface area contributed by atoms with E-state index in [9.17, 15) is 0 Å². The van der Waals surface area contributed by atoms with Crippen molar-refractivity contribution in [1.82, 2.24) is 29.9 Å². The third-order valence-electron chi connectivity index (χ3n) is 12.7. The van der Waals surface area contributed by atoms with Gasteiger partial charge in [-0.2, -0.15) is 0 Å². The van der Waals surface area contributed by atoms with E-state index < -0.39 is 0 Å². The first-order chi connectivity index (χ1) is 33.2. The van der Waals surface area contributed by atoms with E-state index in [-0.39, 0.29) is 0 Å². The summed E-state index contributed by atoms with van der Waals surface area (Å²) in [5.74, 6) is 0.506. The van der Waals surface area contributed by atoms with Gasteiger partial charge in [0.25, 0.3) is 0 Å². The van der Waals surface area contributed by atoms with E-state index in [1.807, 2.05) is 73.8 Å². The van der Waals surface area contributed by atoms with Crippen molar-refractivity contribution in [1.29, 1.82) is 0 Å². The lowest BCUT2D eigenvalue weighted by Crippen LogP contribution is -1.95. The number of aromatic nitrogens is 6. The molecule has 0 spiro atoms. The second-order valence-corrected chi connectivity index (χ2v) is 16.8. The maximum atomic E-state index is 6.53. The van der Waals surface area contributed by atoms with Crippen molar-refractivity contribution in [2.24, 2.45) is 0 Å². The molecule has 13 aromatic rings. The Morgan fingerprint density at radius 3 is 1.01 bits per heavy atom. The highest BCUT2D eigenvalue weighted by molar-refractivity contribution is 6.03. The number of para-hydroxylation sites is 2. The molecule has 0 radical (unpaired) electrons. The van der Waals surface area contributed by atoms with Gasteiger partial charge in [-0.15, -0.1) is 0 Å². The normalized spacial score (nSPS) is 11.6. The number of hydrogen-bond acceptors (Lipinski definition) is 7. The molecular weight excluding hydrogens is 821 g/mol. The number of benzene rings is 7. The van der Waals surface area contributed by atoms with Crippen LogP contribution in [0.3, 0.4) is 0 Å². The monoisotopic (exact) mass is 856 g/mol. The van der Waals surface area contributed by atoms with E-state index in [4.69, 9.17) is 34.3 Å². The average molecular weight is 857 g/mol. The molecule has 0 saturated carbocycles. The van der Waals surface area contributed by atoms with Crippen molar-refractivity contribution >= 4 is 54.2 Å². The first-order valence-corrected chi connectivity index (χ1v) is 22.2. The molecule has 0 N–H and O–H groups in total. The van der Waals surface area contributed by atoms with E-state index in [1.165, 1.54) is 0 Å². The molecule has 0 unspecified atom stereocenters. The zero-order valence-electron chi connectivity index (χ0n) is 35.9. The van der Waals surface area contributed by atoms with Crippen LogP contribution in [0, 0.1) is 0 Å². The quantitative estimate of drug-likeness (QED) is 0.158. The van der Waals surface area contributed by atoms with Crippen molar-refractivity contribution in [2.75, 3.05) is 0 Å². The van der Waals surface area contributed by atoms with Crippen LogP contribution < -0.4 is 0 Å². The minimum absolute atomic E-state index is 0.506.